The fraction of sp³-hybridized carbons (Fsp3) is 0.318. The van der Waals surface area contributed by atoms with Crippen molar-refractivity contribution in [3.05, 3.63) is 65.4 Å². The number of anilines is 1. The van der Waals surface area contributed by atoms with Crippen molar-refractivity contribution in [1.29, 1.82) is 0 Å². The second-order valence-corrected chi connectivity index (χ2v) is 9.11. The number of sulfonamides is 1. The number of hydrogen-bond acceptors (Lipinski definition) is 3. The highest BCUT2D eigenvalue weighted by atomic mass is 32.2. The van der Waals surface area contributed by atoms with Gasteiger partial charge in [0.2, 0.25) is 10.0 Å². The third kappa shape index (κ3) is 4.98. The number of carbonyl (C=O) groups excluding carboxylic acids is 1. The van der Waals surface area contributed by atoms with Gasteiger partial charge in [0.25, 0.3) is 5.91 Å². The Balaban J connectivity index is 1.81. The summed E-state index contributed by atoms with van der Waals surface area (Å²) in [6.07, 6.45) is 1.43. The Morgan fingerprint density at radius 1 is 1.14 bits per heavy atom. The molecule has 0 aliphatic carbocycles. The van der Waals surface area contributed by atoms with E-state index in [4.69, 9.17) is 0 Å². The second kappa shape index (κ2) is 8.69. The van der Waals surface area contributed by atoms with Crippen LogP contribution in [0.2, 0.25) is 0 Å². The number of amides is 1. The maximum absolute atomic E-state index is 12.8. The van der Waals surface area contributed by atoms with E-state index in [1.807, 2.05) is 51.1 Å². The lowest BCUT2D eigenvalue weighted by molar-refractivity contribution is 0.0935. The molecule has 1 atom stereocenters. The lowest BCUT2D eigenvalue weighted by atomic mass is 10.1. The first-order valence-electron chi connectivity index (χ1n) is 9.79. The number of hydrogen-bond donors (Lipinski definition) is 3. The zero-order valence-electron chi connectivity index (χ0n) is 17.0. The highest BCUT2D eigenvalue weighted by Gasteiger charge is 2.18. The molecule has 3 N–H and O–H groups in total. The molecule has 3 aromatic rings. The van der Waals surface area contributed by atoms with Crippen molar-refractivity contribution in [2.24, 2.45) is 0 Å². The van der Waals surface area contributed by atoms with Gasteiger partial charge in [0.1, 0.15) is 5.69 Å². The number of nitrogens with one attached hydrogen (secondary N) is 3. The quantitative estimate of drug-likeness (QED) is 0.507. The fourth-order valence-corrected chi connectivity index (χ4v) is 4.53. The molecule has 0 fully saturated rings. The Morgan fingerprint density at radius 3 is 2.55 bits per heavy atom. The van der Waals surface area contributed by atoms with E-state index in [1.165, 1.54) is 0 Å². The van der Waals surface area contributed by atoms with E-state index in [9.17, 15) is 13.2 Å². The van der Waals surface area contributed by atoms with Crippen LogP contribution in [-0.2, 0) is 10.0 Å². The van der Waals surface area contributed by atoms with Gasteiger partial charge in [-0.2, -0.15) is 0 Å². The third-order valence-corrected chi connectivity index (χ3v) is 6.35. The summed E-state index contributed by atoms with van der Waals surface area (Å²) in [4.78, 5) is 16.0. The number of benzene rings is 2. The van der Waals surface area contributed by atoms with Crippen molar-refractivity contribution in [2.45, 2.75) is 39.7 Å². The number of aromatic nitrogens is 1. The minimum Gasteiger partial charge on any atom is -0.350 e. The number of H-pyrrole nitrogens is 1. The van der Waals surface area contributed by atoms with Crippen LogP contribution in [-0.4, -0.2) is 25.1 Å². The normalized spacial score (nSPS) is 12.7. The van der Waals surface area contributed by atoms with Gasteiger partial charge in [0.15, 0.2) is 0 Å². The minimum atomic E-state index is -3.37. The standard InChI is InChI=1S/C22H27N3O3S/c1-4-5-13-29(27,28)25-18-11-12-20-19(14-18)15(2)21(24-20)22(26)23-16(3)17-9-7-6-8-10-17/h6-12,14,16,24-25H,4-5,13H2,1-3H3,(H,23,26)/t16-/m1/s1. The maximum atomic E-state index is 12.8. The highest BCUT2D eigenvalue weighted by Crippen LogP contribution is 2.26. The van der Waals surface area contributed by atoms with Gasteiger partial charge in [-0.15, -0.1) is 0 Å². The predicted molar refractivity (Wildman–Crippen MR) is 118 cm³/mol. The van der Waals surface area contributed by atoms with E-state index in [1.54, 1.807) is 18.2 Å². The highest BCUT2D eigenvalue weighted by molar-refractivity contribution is 7.92. The number of aromatic amines is 1. The second-order valence-electron chi connectivity index (χ2n) is 7.27. The monoisotopic (exact) mass is 413 g/mol. The molecule has 2 aromatic carbocycles. The molecule has 1 amide bonds. The Labute approximate surface area is 171 Å². The van der Waals surface area contributed by atoms with Crippen LogP contribution in [0.3, 0.4) is 0 Å². The van der Waals surface area contributed by atoms with Crippen LogP contribution in [0.5, 0.6) is 0 Å². The third-order valence-electron chi connectivity index (χ3n) is 4.97. The number of unbranched alkanes of at least 4 members (excludes halogenated alkanes) is 1. The Kier molecular flexibility index (Phi) is 6.27. The van der Waals surface area contributed by atoms with E-state index < -0.39 is 10.0 Å². The van der Waals surface area contributed by atoms with Crippen LogP contribution in [0.1, 0.15) is 54.3 Å². The van der Waals surface area contributed by atoms with Crippen LogP contribution in [0, 0.1) is 6.92 Å². The van der Waals surface area contributed by atoms with E-state index in [2.05, 4.69) is 15.0 Å². The molecule has 0 spiro atoms. The molecule has 0 aliphatic rings. The average molecular weight is 414 g/mol. The summed E-state index contributed by atoms with van der Waals surface area (Å²) < 4.78 is 27.0. The molecule has 0 aliphatic heterocycles. The Hall–Kier alpha value is -2.80. The smallest absolute Gasteiger partial charge is 0.268 e. The average Bonchev–Trinajstić information content (AvgIpc) is 3.03. The van der Waals surface area contributed by atoms with E-state index in [0.717, 1.165) is 28.5 Å². The van der Waals surface area contributed by atoms with E-state index >= 15 is 0 Å². The molecule has 0 radical (unpaired) electrons. The summed E-state index contributed by atoms with van der Waals surface area (Å²) in [5.41, 5.74) is 3.58. The molecule has 154 valence electrons. The molecule has 7 heteroatoms. The molecule has 0 unspecified atom stereocenters. The minimum absolute atomic E-state index is 0.0959. The molecular weight excluding hydrogens is 386 g/mol. The van der Waals surface area contributed by atoms with Crippen LogP contribution in [0.25, 0.3) is 10.9 Å². The van der Waals surface area contributed by atoms with Crippen molar-refractivity contribution in [1.82, 2.24) is 10.3 Å². The first-order valence-corrected chi connectivity index (χ1v) is 11.4. The molecular formula is C22H27N3O3S. The summed E-state index contributed by atoms with van der Waals surface area (Å²) in [5, 5.41) is 3.83. The summed E-state index contributed by atoms with van der Waals surface area (Å²) in [5.74, 6) is -0.0984. The summed E-state index contributed by atoms with van der Waals surface area (Å²) >= 11 is 0. The van der Waals surface area contributed by atoms with Gasteiger partial charge >= 0.3 is 0 Å². The van der Waals surface area contributed by atoms with Gasteiger partial charge in [0, 0.05) is 16.6 Å². The van der Waals surface area contributed by atoms with Gasteiger partial charge in [-0.1, -0.05) is 43.7 Å². The van der Waals surface area contributed by atoms with Crippen molar-refractivity contribution in [3.8, 4) is 0 Å². The van der Waals surface area contributed by atoms with Gasteiger partial charge < -0.3 is 10.3 Å². The predicted octanol–water partition coefficient (Wildman–Crippen LogP) is 4.51. The van der Waals surface area contributed by atoms with Gasteiger partial charge in [-0.25, -0.2) is 8.42 Å². The van der Waals surface area contributed by atoms with Crippen LogP contribution < -0.4 is 10.0 Å². The summed E-state index contributed by atoms with van der Waals surface area (Å²) in [6.45, 7) is 5.75. The van der Waals surface area contributed by atoms with Gasteiger partial charge in [-0.3, -0.25) is 9.52 Å². The van der Waals surface area contributed by atoms with E-state index in [-0.39, 0.29) is 17.7 Å². The maximum Gasteiger partial charge on any atom is 0.268 e. The molecule has 0 bridgehead atoms. The lowest BCUT2D eigenvalue weighted by Crippen LogP contribution is -2.27. The number of carbonyl (C=O) groups is 1. The van der Waals surface area contributed by atoms with E-state index in [0.29, 0.717) is 17.8 Å². The zero-order chi connectivity index (χ0) is 21.0. The molecule has 29 heavy (non-hydrogen) atoms. The first-order chi connectivity index (χ1) is 13.8. The van der Waals surface area contributed by atoms with Gasteiger partial charge in [-0.05, 0) is 49.6 Å². The van der Waals surface area contributed by atoms with Crippen molar-refractivity contribution in [3.63, 3.8) is 0 Å². The molecule has 0 saturated carbocycles. The van der Waals surface area contributed by atoms with Gasteiger partial charge in [0.05, 0.1) is 11.8 Å². The zero-order valence-corrected chi connectivity index (χ0v) is 17.8. The lowest BCUT2D eigenvalue weighted by Gasteiger charge is -2.14. The number of fused-ring (bicyclic) bond motifs is 1. The Bertz CT molecular complexity index is 1110. The van der Waals surface area contributed by atoms with Crippen LogP contribution in [0.4, 0.5) is 5.69 Å². The number of rotatable bonds is 8. The van der Waals surface area contributed by atoms with Crippen molar-refractivity contribution in [2.75, 3.05) is 10.5 Å². The summed E-state index contributed by atoms with van der Waals surface area (Å²) in [6, 6.07) is 14.9. The Morgan fingerprint density at radius 2 is 1.86 bits per heavy atom. The fourth-order valence-electron chi connectivity index (χ4n) is 3.28. The first kappa shape index (κ1) is 20.9. The van der Waals surface area contributed by atoms with Crippen LogP contribution in [0.15, 0.2) is 48.5 Å². The molecule has 6 nitrogen and oxygen atoms in total. The molecule has 3 rings (SSSR count). The summed E-state index contributed by atoms with van der Waals surface area (Å²) in [7, 11) is -3.37. The SMILES string of the molecule is CCCCS(=O)(=O)Nc1ccc2[nH]c(C(=O)N[C@H](C)c3ccccc3)c(C)c2c1. The molecule has 1 aromatic heterocycles. The van der Waals surface area contributed by atoms with Crippen molar-refractivity contribution >= 4 is 32.5 Å². The molecule has 0 saturated heterocycles. The largest absolute Gasteiger partial charge is 0.350 e. The topological polar surface area (TPSA) is 91.1 Å². The number of aryl methyl sites for hydroxylation is 1. The molecule has 1 heterocycles. The van der Waals surface area contributed by atoms with Crippen molar-refractivity contribution < 1.29 is 13.2 Å². The van der Waals surface area contributed by atoms with Crippen LogP contribution >= 0.6 is 0 Å².